The van der Waals surface area contributed by atoms with Crippen LogP contribution < -0.4 is 0 Å². The van der Waals surface area contributed by atoms with Gasteiger partial charge in [0, 0.05) is 11.1 Å². The molecule has 1 heterocycles. The van der Waals surface area contributed by atoms with Gasteiger partial charge in [0.25, 0.3) is 40.5 Å². The summed E-state index contributed by atoms with van der Waals surface area (Å²) in [5, 5.41) is 17.2. The lowest BCUT2D eigenvalue weighted by Crippen LogP contribution is -2.12. The summed E-state index contributed by atoms with van der Waals surface area (Å²) < 4.78 is 151. The van der Waals surface area contributed by atoms with Crippen LogP contribution in [-0.2, 0) is 56.2 Å². The highest BCUT2D eigenvalue weighted by atomic mass is 32.2. The fraction of sp³-hybridized carbons (Fsp3) is 0.100. The quantitative estimate of drug-likeness (QED) is 0.0633. The van der Waals surface area contributed by atoms with Gasteiger partial charge in [0.1, 0.15) is 31.8 Å². The Morgan fingerprint density at radius 1 is 0.826 bits per heavy atom. The fourth-order valence-electron chi connectivity index (χ4n) is 3.77. The van der Waals surface area contributed by atoms with E-state index >= 15 is 0 Å². The molecule has 250 valence electrons. The zero-order valence-corrected chi connectivity index (χ0v) is 26.4. The van der Waals surface area contributed by atoms with Crippen LogP contribution in [0.4, 0.5) is 11.4 Å². The summed E-state index contributed by atoms with van der Waals surface area (Å²) in [6.07, 6.45) is -0.108. The average molecular weight is 748 g/mol. The summed E-state index contributed by atoms with van der Waals surface area (Å²) in [5.41, 5.74) is -6.58. The van der Waals surface area contributed by atoms with E-state index in [1.807, 2.05) is 0 Å². The number of pyridine rings is 1. The summed E-state index contributed by atoms with van der Waals surface area (Å²) in [5.74, 6) is -0.938. The highest BCUT2D eigenvalue weighted by molar-refractivity contribution is 7.87. The molecule has 3 rings (SSSR count). The largest absolute Gasteiger partial charge is 0.505 e. The number of aldehydes is 1. The Morgan fingerprint density at radius 3 is 1.85 bits per heavy atom. The summed E-state index contributed by atoms with van der Waals surface area (Å²) in [6.45, 7) is -0.357. The molecule has 0 spiro atoms. The molecule has 0 saturated heterocycles. The zero-order valence-electron chi connectivity index (χ0n) is 22.2. The second-order valence-electron chi connectivity index (χ2n) is 8.69. The van der Waals surface area contributed by atoms with Gasteiger partial charge in [-0.1, -0.05) is 0 Å². The number of phosphoric ester groups is 1. The van der Waals surface area contributed by atoms with Crippen molar-refractivity contribution in [3.63, 3.8) is 0 Å². The molecule has 0 atom stereocenters. The van der Waals surface area contributed by atoms with Gasteiger partial charge in [0.15, 0.2) is 6.29 Å². The maximum absolute atomic E-state index is 12.7. The van der Waals surface area contributed by atoms with Crippen LogP contribution in [0.5, 0.6) is 5.75 Å². The minimum atomic E-state index is -5.76. The normalized spacial score (nSPS) is 13.3. The molecule has 0 aliphatic carbocycles. The maximum Gasteiger partial charge on any atom is 0.469 e. The smallest absolute Gasteiger partial charge is 0.469 e. The number of carbonyl (C=O) groups excluding carboxylic acids is 1. The second-order valence-corrected chi connectivity index (χ2v) is 15.5. The van der Waals surface area contributed by atoms with Crippen LogP contribution in [0, 0.1) is 6.92 Å². The molecule has 7 N–H and O–H groups in total. The molecule has 1 aromatic heterocycles. The van der Waals surface area contributed by atoms with Gasteiger partial charge < -0.3 is 14.9 Å². The Hall–Kier alpha value is -3.59. The first-order valence-electron chi connectivity index (χ1n) is 11.3. The molecule has 2 aromatic carbocycles. The Kier molecular flexibility index (Phi) is 10.1. The van der Waals surface area contributed by atoms with E-state index in [0.29, 0.717) is 24.3 Å². The first-order chi connectivity index (χ1) is 20.8. The highest BCUT2D eigenvalue weighted by Crippen LogP contribution is 2.45. The molecular weight excluding hydrogens is 729 g/mol. The van der Waals surface area contributed by atoms with Crippen LogP contribution >= 0.6 is 7.82 Å². The van der Waals surface area contributed by atoms with Crippen molar-refractivity contribution < 1.29 is 80.7 Å². The first-order valence-corrected chi connectivity index (χ1v) is 18.6. The summed E-state index contributed by atoms with van der Waals surface area (Å²) in [6, 6.07) is 2.36. The van der Waals surface area contributed by atoms with Crippen LogP contribution in [0.2, 0.25) is 0 Å². The van der Waals surface area contributed by atoms with Gasteiger partial charge >= 0.3 is 7.82 Å². The third-order valence-electron chi connectivity index (χ3n) is 5.63. The van der Waals surface area contributed by atoms with Gasteiger partial charge in [-0.15, -0.1) is 10.2 Å². The van der Waals surface area contributed by atoms with Gasteiger partial charge in [-0.3, -0.25) is 27.5 Å². The molecule has 0 fully saturated rings. The Labute approximate surface area is 258 Å². The number of benzene rings is 2. The number of aromatic hydroxyl groups is 1. The van der Waals surface area contributed by atoms with Crippen molar-refractivity contribution in [3.8, 4) is 17.0 Å². The summed E-state index contributed by atoms with van der Waals surface area (Å²) in [7, 11) is -27.0. The van der Waals surface area contributed by atoms with Crippen LogP contribution in [0.15, 0.2) is 60.1 Å². The number of phosphoric acid groups is 1. The molecule has 0 amide bonds. The molecular formula is C20H18N3O18PS4. The number of hydrogen-bond donors (Lipinski definition) is 7. The third kappa shape index (κ3) is 8.21. The van der Waals surface area contributed by atoms with Crippen LogP contribution in [-0.4, -0.2) is 78.0 Å². The van der Waals surface area contributed by atoms with Gasteiger partial charge in [0.05, 0.1) is 28.5 Å². The van der Waals surface area contributed by atoms with E-state index in [2.05, 4.69) is 19.7 Å². The molecule has 0 saturated carbocycles. The molecule has 26 heteroatoms. The minimum Gasteiger partial charge on any atom is -0.505 e. The zero-order chi connectivity index (χ0) is 35.2. The predicted molar refractivity (Wildman–Crippen MR) is 148 cm³/mol. The van der Waals surface area contributed by atoms with Crippen molar-refractivity contribution >= 4 is 66.0 Å². The second kappa shape index (κ2) is 12.5. The van der Waals surface area contributed by atoms with Crippen molar-refractivity contribution in [2.24, 2.45) is 10.2 Å². The van der Waals surface area contributed by atoms with Crippen molar-refractivity contribution in [1.82, 2.24) is 4.98 Å². The molecule has 0 unspecified atom stereocenters. The van der Waals surface area contributed by atoms with Gasteiger partial charge in [-0.05, 0) is 37.3 Å². The van der Waals surface area contributed by atoms with Crippen molar-refractivity contribution in [3.05, 3.63) is 47.2 Å². The minimum absolute atomic E-state index is 0.108. The van der Waals surface area contributed by atoms with Crippen molar-refractivity contribution in [2.75, 3.05) is 0 Å². The van der Waals surface area contributed by atoms with E-state index in [1.165, 1.54) is 0 Å². The van der Waals surface area contributed by atoms with Crippen LogP contribution in [0.3, 0.4) is 0 Å². The fourth-order valence-corrected chi connectivity index (χ4v) is 6.89. The lowest BCUT2D eigenvalue weighted by Gasteiger charge is -2.19. The van der Waals surface area contributed by atoms with Crippen LogP contribution in [0.1, 0.15) is 21.6 Å². The highest BCUT2D eigenvalue weighted by Gasteiger charge is 2.34. The SMILES string of the molecule is Cc1nc(-c2c(S(=O)(=O)O)ccc(N=Nc3ccc(S(=O)(=O)O)cc3S(=O)(=O)O)c2S(=O)(=O)O)c(COP(=O)(O)O)c(C=O)c1O. The molecule has 0 radical (unpaired) electrons. The molecule has 3 aromatic rings. The van der Waals surface area contributed by atoms with Crippen LogP contribution in [0.25, 0.3) is 11.3 Å². The molecule has 0 aliphatic heterocycles. The van der Waals surface area contributed by atoms with E-state index < -0.39 is 120 Å². The number of aryl methyl sites for hydroxylation is 1. The van der Waals surface area contributed by atoms with Gasteiger partial charge in [0.2, 0.25) is 0 Å². The van der Waals surface area contributed by atoms with E-state index in [9.17, 15) is 66.3 Å². The van der Waals surface area contributed by atoms with E-state index in [1.54, 1.807) is 0 Å². The van der Waals surface area contributed by atoms with E-state index in [-0.39, 0.29) is 12.4 Å². The van der Waals surface area contributed by atoms with Crippen molar-refractivity contribution in [1.29, 1.82) is 0 Å². The first kappa shape index (κ1) is 36.9. The Bertz CT molecular complexity index is 2300. The third-order valence-corrected chi connectivity index (χ3v) is 9.65. The number of aromatic nitrogens is 1. The summed E-state index contributed by atoms with van der Waals surface area (Å²) >= 11 is 0. The topological polar surface area (TPSA) is 359 Å². The van der Waals surface area contributed by atoms with Gasteiger partial charge in [-0.2, -0.15) is 33.7 Å². The molecule has 21 nitrogen and oxygen atoms in total. The lowest BCUT2D eigenvalue weighted by atomic mass is 9.99. The van der Waals surface area contributed by atoms with Crippen molar-refractivity contribution in [2.45, 2.75) is 33.1 Å². The summed E-state index contributed by atoms with van der Waals surface area (Å²) in [4.78, 5) is 28.7. The van der Waals surface area contributed by atoms with E-state index in [0.717, 1.165) is 6.92 Å². The number of hydrogen-bond acceptors (Lipinski definition) is 15. The monoisotopic (exact) mass is 747 g/mol. The number of nitrogens with zero attached hydrogens (tertiary/aromatic N) is 3. The predicted octanol–water partition coefficient (Wildman–Crippen LogP) is 1.59. The molecule has 0 aliphatic rings. The Balaban J connectivity index is 2.54. The van der Waals surface area contributed by atoms with Gasteiger partial charge in [-0.25, -0.2) is 9.55 Å². The maximum atomic E-state index is 12.7. The number of rotatable bonds is 11. The number of azo groups is 1. The Morgan fingerprint density at radius 2 is 1.37 bits per heavy atom. The standard InChI is InChI=1S/C20H18N3O18PS4/c1-9-19(25)11(7-24)12(8-41-42(26,27)28)18(21-9)17-15(44(32,33)34)5-4-14(20(17)46(38,39)40)23-22-13-3-2-10(43(29,30)31)6-16(13)45(35,36)37/h2-7,25H,8H2,1H3,(H2,26,27,28)(H,29,30,31)(H,32,33,34)(H,35,36,37)(H,38,39,40). The van der Waals surface area contributed by atoms with E-state index in [4.69, 9.17) is 9.79 Å². The lowest BCUT2D eigenvalue weighted by molar-refractivity contribution is 0.111. The number of carbonyl (C=O) groups is 1. The average Bonchev–Trinajstić information content (AvgIpc) is 2.89. The molecule has 0 bridgehead atoms. The molecule has 46 heavy (non-hydrogen) atoms.